The normalized spacial score (nSPS) is 11.9. The fourth-order valence-corrected chi connectivity index (χ4v) is 1.58. The Hall–Kier alpha value is -2.22. The number of carbonyl (C=O) groups is 2. The molecule has 0 aromatic carbocycles. The van der Waals surface area contributed by atoms with Gasteiger partial charge in [0.2, 0.25) is 0 Å². The quantitative estimate of drug-likeness (QED) is 0.462. The third-order valence-corrected chi connectivity index (χ3v) is 2.44. The van der Waals surface area contributed by atoms with Gasteiger partial charge in [0.05, 0.1) is 31.5 Å². The Morgan fingerprint density at radius 3 is 2.85 bits per heavy atom. The molecule has 0 bridgehead atoms. The lowest BCUT2D eigenvalue weighted by atomic mass is 10.1. The molecule has 1 aromatic heterocycles. The Morgan fingerprint density at radius 2 is 2.25 bits per heavy atom. The first-order chi connectivity index (χ1) is 9.41. The lowest BCUT2D eigenvalue weighted by molar-refractivity contribution is -0.138. The maximum Gasteiger partial charge on any atom is 0.305 e. The minimum atomic E-state index is -0.928. The zero-order chi connectivity index (χ0) is 15.1. The van der Waals surface area contributed by atoms with Crippen LogP contribution in [0.2, 0.25) is 0 Å². The van der Waals surface area contributed by atoms with Crippen molar-refractivity contribution in [2.45, 2.75) is 26.3 Å². The van der Waals surface area contributed by atoms with E-state index in [1.165, 1.54) is 13.1 Å². The highest BCUT2D eigenvalue weighted by Crippen LogP contribution is 2.11. The molecule has 0 fully saturated rings. The van der Waals surface area contributed by atoms with Gasteiger partial charge in [0.25, 0.3) is 5.56 Å². The van der Waals surface area contributed by atoms with Crippen LogP contribution in [-0.4, -0.2) is 46.3 Å². The van der Waals surface area contributed by atoms with E-state index >= 15 is 0 Å². The first kappa shape index (κ1) is 15.8. The van der Waals surface area contributed by atoms with Crippen LogP contribution in [0.4, 0.5) is 5.69 Å². The number of aromatic amines is 1. The summed E-state index contributed by atoms with van der Waals surface area (Å²) >= 11 is 0. The van der Waals surface area contributed by atoms with Crippen molar-refractivity contribution in [1.29, 1.82) is 0 Å². The van der Waals surface area contributed by atoms with Crippen LogP contribution in [0.1, 0.15) is 30.6 Å². The van der Waals surface area contributed by atoms with E-state index in [1.54, 1.807) is 6.92 Å². The van der Waals surface area contributed by atoms with Gasteiger partial charge in [0, 0.05) is 6.04 Å². The molecule has 110 valence electrons. The number of ether oxygens (including phenoxy) is 1. The number of carbonyl (C=O) groups excluding carboxylic acids is 1. The molecular weight excluding hydrogens is 266 g/mol. The molecule has 3 N–H and O–H groups in total. The largest absolute Gasteiger partial charge is 0.481 e. The molecule has 0 amide bonds. The van der Waals surface area contributed by atoms with E-state index in [0.717, 1.165) is 0 Å². The number of nitrogens with one attached hydrogen (secondary N) is 2. The van der Waals surface area contributed by atoms with Crippen molar-refractivity contribution in [3.63, 3.8) is 0 Å². The third kappa shape index (κ3) is 4.81. The Morgan fingerprint density at radius 1 is 1.55 bits per heavy atom. The van der Waals surface area contributed by atoms with Gasteiger partial charge in [0.15, 0.2) is 5.78 Å². The number of hydrogen-bond donors (Lipinski definition) is 3. The highest BCUT2D eigenvalue weighted by molar-refractivity contribution is 5.98. The second-order valence-corrected chi connectivity index (χ2v) is 4.31. The number of carboxylic acid groups (broad SMARTS) is 1. The van der Waals surface area contributed by atoms with Gasteiger partial charge in [-0.25, -0.2) is 5.10 Å². The lowest BCUT2D eigenvalue weighted by Gasteiger charge is -2.16. The van der Waals surface area contributed by atoms with E-state index in [4.69, 9.17) is 9.84 Å². The van der Waals surface area contributed by atoms with E-state index < -0.39 is 11.5 Å². The van der Waals surface area contributed by atoms with Crippen LogP contribution in [0, 0.1) is 0 Å². The number of carboxylic acids is 1. The molecule has 1 atom stereocenters. The summed E-state index contributed by atoms with van der Waals surface area (Å²) in [5.74, 6) is -1.29. The lowest BCUT2D eigenvalue weighted by Crippen LogP contribution is -2.27. The van der Waals surface area contributed by atoms with Crippen molar-refractivity contribution < 1.29 is 19.4 Å². The molecule has 0 aliphatic heterocycles. The molecule has 0 saturated heterocycles. The highest BCUT2D eigenvalue weighted by atomic mass is 16.5. The van der Waals surface area contributed by atoms with Gasteiger partial charge >= 0.3 is 5.97 Å². The van der Waals surface area contributed by atoms with Crippen molar-refractivity contribution in [1.82, 2.24) is 10.2 Å². The average Bonchev–Trinajstić information content (AvgIpc) is 2.34. The molecule has 8 nitrogen and oxygen atoms in total. The minimum Gasteiger partial charge on any atom is -0.481 e. The number of anilines is 1. The molecule has 1 rings (SSSR count). The smallest absolute Gasteiger partial charge is 0.305 e. The molecule has 1 unspecified atom stereocenters. The van der Waals surface area contributed by atoms with E-state index in [-0.39, 0.29) is 37.0 Å². The van der Waals surface area contributed by atoms with Crippen LogP contribution in [-0.2, 0) is 9.53 Å². The molecule has 0 aliphatic rings. The molecule has 0 spiro atoms. The summed E-state index contributed by atoms with van der Waals surface area (Å²) in [6.07, 6.45) is 1.28. The fourth-order valence-electron chi connectivity index (χ4n) is 1.58. The van der Waals surface area contributed by atoms with Gasteiger partial charge in [-0.15, -0.1) is 0 Å². The first-order valence-corrected chi connectivity index (χ1v) is 6.06. The van der Waals surface area contributed by atoms with Gasteiger partial charge in [-0.3, -0.25) is 14.4 Å². The Labute approximate surface area is 115 Å². The number of nitrogens with zero attached hydrogens (tertiary/aromatic N) is 1. The number of ketones is 1. The second kappa shape index (κ2) is 7.39. The van der Waals surface area contributed by atoms with Gasteiger partial charge in [-0.1, -0.05) is 0 Å². The van der Waals surface area contributed by atoms with Gasteiger partial charge in [-0.05, 0) is 13.8 Å². The summed E-state index contributed by atoms with van der Waals surface area (Å²) in [6, 6.07) is -0.203. The number of aliphatic carboxylic acids is 1. The number of rotatable bonds is 8. The summed E-state index contributed by atoms with van der Waals surface area (Å²) < 4.78 is 5.17. The van der Waals surface area contributed by atoms with E-state index in [9.17, 15) is 14.4 Å². The number of aromatic nitrogens is 2. The average molecular weight is 283 g/mol. The predicted octanol–water partition coefficient (Wildman–Crippen LogP) is 0.264. The van der Waals surface area contributed by atoms with Gasteiger partial charge in [0.1, 0.15) is 5.56 Å². The van der Waals surface area contributed by atoms with Crippen molar-refractivity contribution in [2.75, 3.05) is 18.5 Å². The zero-order valence-corrected chi connectivity index (χ0v) is 11.3. The molecule has 0 aliphatic carbocycles. The van der Waals surface area contributed by atoms with E-state index in [2.05, 4.69) is 15.5 Å². The molecule has 8 heteroatoms. The van der Waals surface area contributed by atoms with Gasteiger partial charge in [-0.2, -0.15) is 5.10 Å². The molecule has 0 radical (unpaired) electrons. The SMILES string of the molecule is CC(=O)c1c(NC(C)COCCC(=O)O)cn[nH]c1=O. The number of Topliss-reactive ketones (excluding diaryl/α,β-unsaturated/α-hetero) is 1. The van der Waals surface area contributed by atoms with Crippen LogP contribution in [0.25, 0.3) is 0 Å². The fraction of sp³-hybridized carbons (Fsp3) is 0.500. The standard InChI is InChI=1S/C12H17N3O5/c1-7(6-20-4-3-10(17)18)14-9-5-13-15-12(19)11(9)8(2)16/h5,7H,3-4,6H2,1-2H3,(H,17,18)(H2,14,15,19). The summed E-state index contributed by atoms with van der Waals surface area (Å²) in [5.41, 5.74) is -0.213. The Balaban J connectivity index is 2.60. The van der Waals surface area contributed by atoms with Crippen LogP contribution >= 0.6 is 0 Å². The molecule has 1 aromatic rings. The van der Waals surface area contributed by atoms with Crippen LogP contribution in [0.5, 0.6) is 0 Å². The first-order valence-electron chi connectivity index (χ1n) is 6.06. The maximum atomic E-state index is 11.5. The Kier molecular flexibility index (Phi) is 5.85. The molecule has 0 saturated carbocycles. The molecule has 20 heavy (non-hydrogen) atoms. The monoisotopic (exact) mass is 283 g/mol. The van der Waals surface area contributed by atoms with Crippen molar-refractivity contribution in [3.8, 4) is 0 Å². The van der Waals surface area contributed by atoms with Gasteiger partial charge < -0.3 is 15.2 Å². The zero-order valence-electron chi connectivity index (χ0n) is 11.3. The summed E-state index contributed by atoms with van der Waals surface area (Å²) in [5, 5.41) is 17.2. The van der Waals surface area contributed by atoms with Crippen LogP contribution < -0.4 is 10.9 Å². The molecule has 1 heterocycles. The second-order valence-electron chi connectivity index (χ2n) is 4.31. The predicted molar refractivity (Wildman–Crippen MR) is 71.0 cm³/mol. The van der Waals surface area contributed by atoms with Crippen molar-refractivity contribution in [3.05, 3.63) is 22.1 Å². The minimum absolute atomic E-state index is 0.0115. The van der Waals surface area contributed by atoms with Crippen LogP contribution in [0.15, 0.2) is 11.0 Å². The number of H-pyrrole nitrogens is 1. The van der Waals surface area contributed by atoms with Crippen molar-refractivity contribution in [2.24, 2.45) is 0 Å². The Bertz CT molecular complexity index is 540. The summed E-state index contributed by atoms with van der Waals surface area (Å²) in [7, 11) is 0. The summed E-state index contributed by atoms with van der Waals surface area (Å²) in [6.45, 7) is 3.43. The van der Waals surface area contributed by atoms with E-state index in [1.807, 2.05) is 0 Å². The maximum absolute atomic E-state index is 11.5. The highest BCUT2D eigenvalue weighted by Gasteiger charge is 2.14. The van der Waals surface area contributed by atoms with E-state index in [0.29, 0.717) is 5.69 Å². The van der Waals surface area contributed by atoms with Crippen molar-refractivity contribution >= 4 is 17.4 Å². The molecular formula is C12H17N3O5. The topological polar surface area (TPSA) is 121 Å². The number of hydrogen-bond acceptors (Lipinski definition) is 6. The van der Waals surface area contributed by atoms with Crippen LogP contribution in [0.3, 0.4) is 0 Å². The third-order valence-electron chi connectivity index (χ3n) is 2.44. The summed E-state index contributed by atoms with van der Waals surface area (Å²) in [4.78, 5) is 33.3.